The standard InChI is InChI=1S/C25H27N5O2S/c1-17(31)27-18-9-11-19(12-10-18)30-24(23(28-25(30)33)21-7-2-3-13-26-21)22-8-4-14-29(22)16-20-6-5-15-32-20/h2-4,7-14,20,23-24H,5-6,15-16H2,1H3,(H,27,31)(H,28,33)/t20-,23-,24+/m0/s1. The number of pyridine rings is 1. The maximum atomic E-state index is 11.4. The van der Waals surface area contributed by atoms with Gasteiger partial charge in [0.25, 0.3) is 0 Å². The van der Waals surface area contributed by atoms with Gasteiger partial charge in [0.05, 0.1) is 17.8 Å². The van der Waals surface area contributed by atoms with Gasteiger partial charge in [0, 0.05) is 49.5 Å². The van der Waals surface area contributed by atoms with E-state index in [-0.39, 0.29) is 24.1 Å². The first-order valence-electron chi connectivity index (χ1n) is 11.2. The fraction of sp³-hybridized carbons (Fsp3) is 0.320. The molecule has 2 N–H and O–H groups in total. The molecule has 33 heavy (non-hydrogen) atoms. The fourth-order valence-electron chi connectivity index (χ4n) is 4.71. The molecule has 3 aromatic rings. The van der Waals surface area contributed by atoms with Crippen molar-refractivity contribution >= 4 is 34.6 Å². The monoisotopic (exact) mass is 461 g/mol. The molecule has 5 rings (SSSR count). The van der Waals surface area contributed by atoms with E-state index in [1.54, 1.807) is 0 Å². The molecular weight excluding hydrogens is 434 g/mol. The number of nitrogens with zero attached hydrogens (tertiary/aromatic N) is 3. The summed E-state index contributed by atoms with van der Waals surface area (Å²) in [7, 11) is 0. The summed E-state index contributed by atoms with van der Waals surface area (Å²) < 4.78 is 8.19. The minimum Gasteiger partial charge on any atom is -0.376 e. The van der Waals surface area contributed by atoms with E-state index in [1.807, 2.05) is 48.7 Å². The van der Waals surface area contributed by atoms with Crippen LogP contribution >= 0.6 is 12.2 Å². The molecule has 0 aliphatic carbocycles. The summed E-state index contributed by atoms with van der Waals surface area (Å²) in [6, 6.07) is 17.8. The highest BCUT2D eigenvalue weighted by Crippen LogP contribution is 2.42. The van der Waals surface area contributed by atoms with Crippen LogP contribution in [0.25, 0.3) is 0 Å². The lowest BCUT2D eigenvalue weighted by atomic mass is 10.0. The first-order valence-corrected chi connectivity index (χ1v) is 11.7. The molecule has 0 radical (unpaired) electrons. The maximum Gasteiger partial charge on any atom is 0.221 e. The first kappa shape index (κ1) is 21.6. The van der Waals surface area contributed by atoms with E-state index in [0.717, 1.165) is 48.8 Å². The summed E-state index contributed by atoms with van der Waals surface area (Å²) in [5.74, 6) is -0.0961. The molecular formula is C25H27N5O2S. The second kappa shape index (κ2) is 9.33. The summed E-state index contributed by atoms with van der Waals surface area (Å²) >= 11 is 5.82. The molecule has 2 aliphatic heterocycles. The molecule has 0 bridgehead atoms. The largest absolute Gasteiger partial charge is 0.376 e. The van der Waals surface area contributed by atoms with E-state index in [9.17, 15) is 4.79 Å². The number of hydrogen-bond donors (Lipinski definition) is 2. The topological polar surface area (TPSA) is 71.4 Å². The first-order chi connectivity index (χ1) is 16.1. The molecule has 3 atom stereocenters. The van der Waals surface area contributed by atoms with Crippen molar-refractivity contribution in [2.24, 2.45) is 0 Å². The minimum atomic E-state index is -0.105. The molecule has 0 saturated carbocycles. The van der Waals surface area contributed by atoms with E-state index in [2.05, 4.69) is 43.4 Å². The Hall–Kier alpha value is -3.23. The third-order valence-electron chi connectivity index (χ3n) is 6.16. The molecule has 1 amide bonds. The lowest BCUT2D eigenvalue weighted by molar-refractivity contribution is -0.114. The Bertz CT molecular complexity index is 1130. The quantitative estimate of drug-likeness (QED) is 0.536. The normalized spacial score (nSPS) is 22.4. The Morgan fingerprint density at radius 3 is 2.76 bits per heavy atom. The molecule has 0 spiro atoms. The van der Waals surface area contributed by atoms with Crippen molar-refractivity contribution in [3.05, 3.63) is 78.4 Å². The smallest absolute Gasteiger partial charge is 0.221 e. The zero-order chi connectivity index (χ0) is 22.8. The number of rotatable bonds is 6. The van der Waals surface area contributed by atoms with Gasteiger partial charge in [-0.05, 0) is 73.6 Å². The average molecular weight is 462 g/mol. The number of anilines is 2. The minimum absolute atomic E-state index is 0.0876. The zero-order valence-electron chi connectivity index (χ0n) is 18.5. The summed E-state index contributed by atoms with van der Waals surface area (Å²) in [5, 5.41) is 6.97. The SMILES string of the molecule is CC(=O)Nc1ccc(N2C(=S)N[C@@H](c3ccccn3)[C@H]2c2cccn2C[C@@H]2CCCO2)cc1. The highest BCUT2D eigenvalue weighted by Gasteiger charge is 2.42. The molecule has 170 valence electrons. The number of ether oxygens (including phenoxy) is 1. The van der Waals surface area contributed by atoms with Gasteiger partial charge >= 0.3 is 0 Å². The van der Waals surface area contributed by atoms with Crippen LogP contribution in [0.2, 0.25) is 0 Å². The Labute approximate surface area is 198 Å². The van der Waals surface area contributed by atoms with Gasteiger partial charge in [-0.3, -0.25) is 9.78 Å². The Balaban J connectivity index is 1.53. The highest BCUT2D eigenvalue weighted by molar-refractivity contribution is 7.80. The molecule has 7 nitrogen and oxygen atoms in total. The van der Waals surface area contributed by atoms with E-state index < -0.39 is 0 Å². The third kappa shape index (κ3) is 4.49. The number of hydrogen-bond acceptors (Lipinski definition) is 4. The number of carbonyl (C=O) groups is 1. The molecule has 2 fully saturated rings. The Morgan fingerprint density at radius 2 is 2.06 bits per heavy atom. The molecule has 2 saturated heterocycles. The van der Waals surface area contributed by atoms with Crippen LogP contribution in [-0.2, 0) is 16.1 Å². The van der Waals surface area contributed by atoms with Crippen molar-refractivity contribution in [1.82, 2.24) is 14.9 Å². The fourth-order valence-corrected chi connectivity index (χ4v) is 5.06. The Morgan fingerprint density at radius 1 is 1.21 bits per heavy atom. The summed E-state index contributed by atoms with van der Waals surface area (Å²) in [6.45, 7) is 3.15. The van der Waals surface area contributed by atoms with Gasteiger partial charge in [0.1, 0.15) is 6.04 Å². The van der Waals surface area contributed by atoms with Gasteiger partial charge in [-0.2, -0.15) is 0 Å². The third-order valence-corrected chi connectivity index (χ3v) is 6.47. The van der Waals surface area contributed by atoms with Gasteiger partial charge < -0.3 is 24.8 Å². The summed E-state index contributed by atoms with van der Waals surface area (Å²) in [5.41, 5.74) is 3.80. The lowest BCUT2D eigenvalue weighted by Crippen LogP contribution is -2.31. The van der Waals surface area contributed by atoms with Crippen molar-refractivity contribution in [2.75, 3.05) is 16.8 Å². The molecule has 4 heterocycles. The zero-order valence-corrected chi connectivity index (χ0v) is 19.3. The number of amides is 1. The second-order valence-electron chi connectivity index (χ2n) is 8.45. The van der Waals surface area contributed by atoms with Gasteiger partial charge in [-0.1, -0.05) is 6.07 Å². The van der Waals surface area contributed by atoms with Crippen LogP contribution in [0.1, 0.15) is 43.2 Å². The summed E-state index contributed by atoms with van der Waals surface area (Å²) in [4.78, 5) is 18.2. The van der Waals surface area contributed by atoms with Gasteiger partial charge in [0.2, 0.25) is 5.91 Å². The van der Waals surface area contributed by atoms with Crippen molar-refractivity contribution in [3.63, 3.8) is 0 Å². The van der Waals surface area contributed by atoms with Crippen LogP contribution in [-0.4, -0.2) is 33.3 Å². The number of nitrogens with one attached hydrogen (secondary N) is 2. The average Bonchev–Trinajstić information content (AvgIpc) is 3.55. The lowest BCUT2D eigenvalue weighted by Gasteiger charge is -2.29. The van der Waals surface area contributed by atoms with E-state index in [0.29, 0.717) is 5.11 Å². The van der Waals surface area contributed by atoms with Crippen LogP contribution in [0, 0.1) is 0 Å². The van der Waals surface area contributed by atoms with Crippen LogP contribution in [0.4, 0.5) is 11.4 Å². The van der Waals surface area contributed by atoms with Crippen molar-refractivity contribution in [3.8, 4) is 0 Å². The molecule has 1 aromatic carbocycles. The van der Waals surface area contributed by atoms with Crippen molar-refractivity contribution in [2.45, 2.75) is 44.5 Å². The second-order valence-corrected chi connectivity index (χ2v) is 8.83. The number of carbonyl (C=O) groups excluding carboxylic acids is 1. The van der Waals surface area contributed by atoms with Crippen LogP contribution < -0.4 is 15.5 Å². The number of aromatic nitrogens is 2. The number of thiocarbonyl (C=S) groups is 1. The molecule has 2 aromatic heterocycles. The molecule has 0 unspecified atom stereocenters. The Kier molecular flexibility index (Phi) is 6.11. The number of benzene rings is 1. The predicted molar refractivity (Wildman–Crippen MR) is 132 cm³/mol. The van der Waals surface area contributed by atoms with Gasteiger partial charge in [-0.25, -0.2) is 0 Å². The van der Waals surface area contributed by atoms with E-state index in [4.69, 9.17) is 17.0 Å². The van der Waals surface area contributed by atoms with Crippen LogP contribution in [0.3, 0.4) is 0 Å². The van der Waals surface area contributed by atoms with Gasteiger partial charge in [0.15, 0.2) is 5.11 Å². The van der Waals surface area contributed by atoms with E-state index >= 15 is 0 Å². The molecule has 2 aliphatic rings. The highest BCUT2D eigenvalue weighted by atomic mass is 32.1. The summed E-state index contributed by atoms with van der Waals surface area (Å²) in [6.07, 6.45) is 6.35. The van der Waals surface area contributed by atoms with E-state index in [1.165, 1.54) is 6.92 Å². The maximum absolute atomic E-state index is 11.4. The van der Waals surface area contributed by atoms with Crippen LogP contribution in [0.15, 0.2) is 67.0 Å². The van der Waals surface area contributed by atoms with Crippen molar-refractivity contribution in [1.29, 1.82) is 0 Å². The molecule has 8 heteroatoms. The predicted octanol–water partition coefficient (Wildman–Crippen LogP) is 4.20. The van der Waals surface area contributed by atoms with Crippen molar-refractivity contribution < 1.29 is 9.53 Å². The van der Waals surface area contributed by atoms with Crippen LogP contribution in [0.5, 0.6) is 0 Å². The van der Waals surface area contributed by atoms with Gasteiger partial charge in [-0.15, -0.1) is 0 Å².